The second-order valence-corrected chi connectivity index (χ2v) is 5.64. The number of benzene rings is 1. The Morgan fingerprint density at radius 1 is 1.44 bits per heavy atom. The third-order valence-corrected chi connectivity index (χ3v) is 3.31. The molecular weight excluding hydrogens is 286 g/mol. The summed E-state index contributed by atoms with van der Waals surface area (Å²) in [6.07, 6.45) is 0. The second kappa shape index (κ2) is 5.40. The van der Waals surface area contributed by atoms with E-state index in [1.807, 2.05) is 0 Å². The Bertz CT molecular complexity index is 571. The first-order valence-electron chi connectivity index (χ1n) is 4.75. The van der Waals surface area contributed by atoms with Crippen LogP contribution in [0, 0.1) is 10.1 Å². The first-order valence-corrected chi connectivity index (χ1v) is 7.06. The number of methoxy groups -OCH3 is 1. The van der Waals surface area contributed by atoms with E-state index in [4.69, 9.17) is 20.2 Å². The highest BCUT2D eigenvalue weighted by Crippen LogP contribution is 2.39. The Balaban J connectivity index is 3.61. The Kier molecular flexibility index (Phi) is 4.36. The van der Waals surface area contributed by atoms with Crippen LogP contribution in [0.1, 0.15) is 6.92 Å². The third-order valence-electron chi connectivity index (χ3n) is 1.98. The summed E-state index contributed by atoms with van der Waals surface area (Å²) in [4.78, 5) is 9.47. The van der Waals surface area contributed by atoms with Gasteiger partial charge in [-0.2, -0.15) is 0 Å². The summed E-state index contributed by atoms with van der Waals surface area (Å²) in [7, 11) is 2.24. The normalized spacial score (nSPS) is 11.1. The molecule has 0 bridgehead atoms. The summed E-state index contributed by atoms with van der Waals surface area (Å²) < 4.78 is 32.7. The quantitative estimate of drug-likeness (QED) is 0.468. The van der Waals surface area contributed by atoms with Crippen molar-refractivity contribution in [3.8, 4) is 11.5 Å². The Morgan fingerprint density at radius 3 is 2.44 bits per heavy atom. The van der Waals surface area contributed by atoms with Crippen molar-refractivity contribution in [1.82, 2.24) is 0 Å². The van der Waals surface area contributed by atoms with Gasteiger partial charge in [0.2, 0.25) is 0 Å². The fourth-order valence-electron chi connectivity index (χ4n) is 1.31. The van der Waals surface area contributed by atoms with Crippen molar-refractivity contribution in [2.45, 2.75) is 11.8 Å². The number of halogens is 1. The molecule has 0 saturated carbocycles. The van der Waals surface area contributed by atoms with Gasteiger partial charge in [-0.15, -0.1) is 0 Å². The van der Waals surface area contributed by atoms with Gasteiger partial charge in [0.1, 0.15) is 4.90 Å². The highest BCUT2D eigenvalue weighted by Gasteiger charge is 2.25. The number of nitro groups is 1. The lowest BCUT2D eigenvalue weighted by Gasteiger charge is -2.11. The molecule has 1 rings (SSSR count). The Hall–Kier alpha value is -1.54. The third kappa shape index (κ3) is 3.02. The predicted octanol–water partition coefficient (Wildman–Crippen LogP) is 1.93. The molecule has 100 valence electrons. The molecule has 0 heterocycles. The van der Waals surface area contributed by atoms with Gasteiger partial charge in [0.15, 0.2) is 11.5 Å². The minimum Gasteiger partial charge on any atom is -0.492 e. The predicted molar refractivity (Wildman–Crippen MR) is 63.9 cm³/mol. The number of rotatable bonds is 5. The molecule has 0 aliphatic carbocycles. The van der Waals surface area contributed by atoms with Gasteiger partial charge in [-0.1, -0.05) is 0 Å². The lowest BCUT2D eigenvalue weighted by molar-refractivity contribution is -0.385. The molecule has 0 N–H and O–H groups in total. The summed E-state index contributed by atoms with van der Waals surface area (Å²) in [5, 5.41) is 10.7. The van der Waals surface area contributed by atoms with Crippen molar-refractivity contribution in [2.24, 2.45) is 0 Å². The maximum Gasteiger partial charge on any atom is 0.274 e. The summed E-state index contributed by atoms with van der Waals surface area (Å²) in [5.41, 5.74) is -0.446. The molecule has 18 heavy (non-hydrogen) atoms. The van der Waals surface area contributed by atoms with Gasteiger partial charge in [0, 0.05) is 16.7 Å². The fraction of sp³-hybridized carbons (Fsp3) is 0.333. The smallest absolute Gasteiger partial charge is 0.274 e. The van der Waals surface area contributed by atoms with Crippen LogP contribution >= 0.6 is 10.7 Å². The molecule has 0 aliphatic rings. The minimum absolute atomic E-state index is 0.0478. The molecule has 0 radical (unpaired) electrons. The SMILES string of the molecule is CCOc1cc([N+](=O)[O-])cc(S(=O)(=O)Cl)c1OC. The van der Waals surface area contributed by atoms with Crippen molar-refractivity contribution in [2.75, 3.05) is 13.7 Å². The zero-order chi connectivity index (χ0) is 13.9. The molecule has 0 spiro atoms. The molecule has 0 atom stereocenters. The Labute approximate surface area is 108 Å². The molecule has 7 nitrogen and oxygen atoms in total. The van der Waals surface area contributed by atoms with Crippen molar-refractivity contribution in [3.05, 3.63) is 22.2 Å². The number of nitrogens with zero attached hydrogens (tertiary/aromatic N) is 1. The summed E-state index contributed by atoms with van der Waals surface area (Å²) in [6.45, 7) is 1.84. The van der Waals surface area contributed by atoms with Crippen LogP contribution in [0.3, 0.4) is 0 Å². The Morgan fingerprint density at radius 2 is 2.06 bits per heavy atom. The lowest BCUT2D eigenvalue weighted by Crippen LogP contribution is -2.03. The zero-order valence-electron chi connectivity index (χ0n) is 9.54. The van der Waals surface area contributed by atoms with Crippen LogP contribution in [-0.2, 0) is 9.05 Å². The van der Waals surface area contributed by atoms with Crippen molar-refractivity contribution in [3.63, 3.8) is 0 Å². The van der Waals surface area contributed by atoms with E-state index < -0.39 is 24.6 Å². The van der Waals surface area contributed by atoms with E-state index in [9.17, 15) is 18.5 Å². The van der Waals surface area contributed by atoms with Gasteiger partial charge in [-0.3, -0.25) is 10.1 Å². The van der Waals surface area contributed by atoms with Crippen LogP contribution in [0.4, 0.5) is 5.69 Å². The van der Waals surface area contributed by atoms with Gasteiger partial charge in [-0.25, -0.2) is 8.42 Å². The van der Waals surface area contributed by atoms with E-state index in [0.717, 1.165) is 12.1 Å². The summed E-state index contributed by atoms with van der Waals surface area (Å²) in [6, 6.07) is 1.90. The standard InChI is InChI=1S/C9H10ClNO6S/c1-3-17-7-4-6(11(12)13)5-8(9(7)16-2)18(10,14)15/h4-5H,3H2,1-2H3. The van der Waals surface area contributed by atoms with Crippen LogP contribution in [0.15, 0.2) is 17.0 Å². The van der Waals surface area contributed by atoms with Gasteiger partial charge in [0.05, 0.1) is 24.7 Å². The topological polar surface area (TPSA) is 95.7 Å². The number of hydrogen-bond donors (Lipinski definition) is 0. The van der Waals surface area contributed by atoms with Crippen molar-refractivity contribution in [1.29, 1.82) is 0 Å². The largest absolute Gasteiger partial charge is 0.492 e. The van der Waals surface area contributed by atoms with Crippen molar-refractivity contribution >= 4 is 25.4 Å². The maximum absolute atomic E-state index is 11.4. The van der Waals surface area contributed by atoms with Gasteiger partial charge < -0.3 is 9.47 Å². The van der Waals surface area contributed by atoms with Crippen molar-refractivity contribution < 1.29 is 22.8 Å². The van der Waals surface area contributed by atoms with E-state index in [-0.39, 0.29) is 18.1 Å². The molecule has 0 unspecified atom stereocenters. The first-order chi connectivity index (χ1) is 8.31. The lowest BCUT2D eigenvalue weighted by atomic mass is 10.3. The van der Waals surface area contributed by atoms with Crippen LogP contribution < -0.4 is 9.47 Å². The molecule has 1 aromatic rings. The molecule has 1 aromatic carbocycles. The van der Waals surface area contributed by atoms with Crippen LogP contribution in [0.5, 0.6) is 11.5 Å². The van der Waals surface area contributed by atoms with Crippen LogP contribution in [-0.4, -0.2) is 27.1 Å². The number of nitro benzene ring substituents is 1. The van der Waals surface area contributed by atoms with Gasteiger partial charge in [-0.05, 0) is 6.92 Å². The molecule has 0 amide bonds. The van der Waals surface area contributed by atoms with E-state index in [0.29, 0.717) is 0 Å². The van der Waals surface area contributed by atoms with Gasteiger partial charge >= 0.3 is 0 Å². The molecule has 0 aliphatic heterocycles. The molecule has 9 heteroatoms. The number of ether oxygens (including phenoxy) is 2. The van der Waals surface area contributed by atoms with E-state index in [2.05, 4.69) is 0 Å². The summed E-state index contributed by atoms with van der Waals surface area (Å²) in [5.74, 6) is -0.203. The monoisotopic (exact) mass is 295 g/mol. The molecule has 0 aromatic heterocycles. The van der Waals surface area contributed by atoms with E-state index in [1.54, 1.807) is 6.92 Å². The average Bonchev–Trinajstić information content (AvgIpc) is 2.27. The van der Waals surface area contributed by atoms with Gasteiger partial charge in [0.25, 0.3) is 14.7 Å². The summed E-state index contributed by atoms with van der Waals surface area (Å²) >= 11 is 0. The van der Waals surface area contributed by atoms with Crippen LogP contribution in [0.2, 0.25) is 0 Å². The zero-order valence-corrected chi connectivity index (χ0v) is 11.1. The second-order valence-electron chi connectivity index (χ2n) is 3.10. The van der Waals surface area contributed by atoms with E-state index in [1.165, 1.54) is 7.11 Å². The molecule has 0 saturated heterocycles. The highest BCUT2D eigenvalue weighted by molar-refractivity contribution is 8.13. The number of non-ortho nitro benzene ring substituents is 1. The average molecular weight is 296 g/mol. The highest BCUT2D eigenvalue weighted by atomic mass is 35.7. The number of hydrogen-bond acceptors (Lipinski definition) is 6. The fourth-order valence-corrected chi connectivity index (χ4v) is 2.32. The van der Waals surface area contributed by atoms with E-state index >= 15 is 0 Å². The van der Waals surface area contributed by atoms with Crippen LogP contribution in [0.25, 0.3) is 0 Å². The first kappa shape index (κ1) is 14.5. The molecule has 0 fully saturated rings. The molecular formula is C9H10ClNO6S. The minimum atomic E-state index is -4.18. The maximum atomic E-state index is 11.4.